The highest BCUT2D eigenvalue weighted by Crippen LogP contribution is 2.35. The number of anilines is 1. The minimum absolute atomic E-state index is 0.174. The number of rotatable bonds is 5. The Labute approximate surface area is 119 Å². The lowest BCUT2D eigenvalue weighted by Gasteiger charge is -2.15. The van der Waals surface area contributed by atoms with E-state index in [-0.39, 0.29) is 5.54 Å². The highest BCUT2D eigenvalue weighted by atomic mass is 16.5. The van der Waals surface area contributed by atoms with E-state index in [1.165, 1.54) is 12.8 Å². The van der Waals surface area contributed by atoms with Crippen molar-refractivity contribution in [1.82, 2.24) is 10.3 Å². The summed E-state index contributed by atoms with van der Waals surface area (Å²) in [6.45, 7) is 0.686. The Kier molecular flexibility index (Phi) is 3.32. The third-order valence-electron chi connectivity index (χ3n) is 3.83. The number of nitrogens with two attached hydrogens (primary N) is 1. The molecule has 0 radical (unpaired) electrons. The van der Waals surface area contributed by atoms with Crippen LogP contribution in [0.4, 0.5) is 5.69 Å². The maximum Gasteiger partial charge on any atom is 0.138 e. The topological polar surface area (TPSA) is 60.2 Å². The van der Waals surface area contributed by atoms with Gasteiger partial charge in [0, 0.05) is 17.4 Å². The first-order valence-corrected chi connectivity index (χ1v) is 6.83. The van der Waals surface area contributed by atoms with Gasteiger partial charge < -0.3 is 15.8 Å². The molecule has 2 aromatic rings. The summed E-state index contributed by atoms with van der Waals surface area (Å²) in [6.07, 6.45) is 5.92. The fourth-order valence-corrected chi connectivity index (χ4v) is 2.21. The maximum absolute atomic E-state index is 5.86. The standard InChI is InChI=1S/C16H19N3O/c1-18-16(5-6-16)11-20-15-8-13(9-19-10-15)12-3-2-4-14(17)7-12/h2-4,7-10,18H,5-6,11,17H2,1H3. The summed E-state index contributed by atoms with van der Waals surface area (Å²) in [5, 5.41) is 3.31. The number of nitrogens with one attached hydrogen (secondary N) is 1. The van der Waals surface area contributed by atoms with E-state index < -0.39 is 0 Å². The number of hydrogen-bond donors (Lipinski definition) is 2. The summed E-state index contributed by atoms with van der Waals surface area (Å²) in [6, 6.07) is 9.79. The highest BCUT2D eigenvalue weighted by molar-refractivity contribution is 5.67. The fraction of sp³-hybridized carbons (Fsp3) is 0.312. The van der Waals surface area contributed by atoms with Crippen molar-refractivity contribution < 1.29 is 4.74 Å². The SMILES string of the molecule is CNC1(COc2cncc(-c3cccc(N)c3)c2)CC1. The number of nitrogen functional groups attached to an aromatic ring is 1. The molecule has 1 saturated carbocycles. The van der Waals surface area contributed by atoms with Crippen molar-refractivity contribution in [3.63, 3.8) is 0 Å². The molecule has 4 heteroatoms. The molecule has 1 aliphatic carbocycles. The quantitative estimate of drug-likeness (QED) is 0.819. The van der Waals surface area contributed by atoms with E-state index in [4.69, 9.17) is 10.5 Å². The number of aromatic nitrogens is 1. The van der Waals surface area contributed by atoms with E-state index in [9.17, 15) is 0 Å². The lowest BCUT2D eigenvalue weighted by molar-refractivity contribution is 0.259. The molecule has 0 bridgehead atoms. The smallest absolute Gasteiger partial charge is 0.138 e. The van der Waals surface area contributed by atoms with Crippen molar-refractivity contribution in [2.45, 2.75) is 18.4 Å². The molecule has 20 heavy (non-hydrogen) atoms. The van der Waals surface area contributed by atoms with Gasteiger partial charge in [-0.05, 0) is 43.7 Å². The van der Waals surface area contributed by atoms with Crippen molar-refractivity contribution in [3.05, 3.63) is 42.7 Å². The second kappa shape index (κ2) is 5.13. The molecule has 3 N–H and O–H groups in total. The zero-order valence-corrected chi connectivity index (χ0v) is 11.6. The molecule has 0 spiro atoms. The van der Waals surface area contributed by atoms with Crippen LogP contribution in [0.1, 0.15) is 12.8 Å². The first-order chi connectivity index (χ1) is 9.71. The Hall–Kier alpha value is -2.07. The van der Waals surface area contributed by atoms with Crippen molar-refractivity contribution >= 4 is 5.69 Å². The molecule has 0 amide bonds. The van der Waals surface area contributed by atoms with Crippen LogP contribution in [-0.4, -0.2) is 24.2 Å². The summed E-state index contributed by atoms with van der Waals surface area (Å²) in [5.74, 6) is 0.798. The van der Waals surface area contributed by atoms with Crippen LogP contribution in [0.3, 0.4) is 0 Å². The number of likely N-dealkylation sites (N-methyl/N-ethyl adjacent to an activating group) is 1. The maximum atomic E-state index is 5.86. The van der Waals surface area contributed by atoms with Gasteiger partial charge in [-0.15, -0.1) is 0 Å². The number of pyridine rings is 1. The van der Waals surface area contributed by atoms with Crippen LogP contribution >= 0.6 is 0 Å². The summed E-state index contributed by atoms with van der Waals surface area (Å²) in [4.78, 5) is 4.25. The molecular weight excluding hydrogens is 250 g/mol. The molecule has 104 valence electrons. The van der Waals surface area contributed by atoms with Gasteiger partial charge in [-0.3, -0.25) is 4.98 Å². The van der Waals surface area contributed by atoms with Crippen LogP contribution < -0.4 is 15.8 Å². The van der Waals surface area contributed by atoms with Gasteiger partial charge in [-0.1, -0.05) is 12.1 Å². The van der Waals surface area contributed by atoms with Crippen molar-refractivity contribution in [2.24, 2.45) is 0 Å². The van der Waals surface area contributed by atoms with Gasteiger partial charge in [0.2, 0.25) is 0 Å². The first-order valence-electron chi connectivity index (χ1n) is 6.83. The Morgan fingerprint density at radius 3 is 2.80 bits per heavy atom. The molecule has 0 aliphatic heterocycles. The van der Waals surface area contributed by atoms with Crippen LogP contribution in [-0.2, 0) is 0 Å². The van der Waals surface area contributed by atoms with Crippen molar-refractivity contribution in [2.75, 3.05) is 19.4 Å². The van der Waals surface area contributed by atoms with Crippen LogP contribution in [0.25, 0.3) is 11.1 Å². The Bertz CT molecular complexity index is 608. The van der Waals surface area contributed by atoms with Gasteiger partial charge in [-0.2, -0.15) is 0 Å². The van der Waals surface area contributed by atoms with Gasteiger partial charge in [0.1, 0.15) is 12.4 Å². The second-order valence-electron chi connectivity index (χ2n) is 5.35. The highest BCUT2D eigenvalue weighted by Gasteiger charge is 2.41. The van der Waals surface area contributed by atoms with Crippen LogP contribution in [0, 0.1) is 0 Å². The Morgan fingerprint density at radius 1 is 1.25 bits per heavy atom. The third kappa shape index (κ3) is 2.75. The summed E-state index contributed by atoms with van der Waals surface area (Å²) >= 11 is 0. The molecular formula is C16H19N3O. The number of ether oxygens (including phenoxy) is 1. The molecule has 1 fully saturated rings. The Morgan fingerprint density at radius 2 is 2.10 bits per heavy atom. The predicted molar refractivity (Wildman–Crippen MR) is 80.6 cm³/mol. The summed E-state index contributed by atoms with van der Waals surface area (Å²) in [5.41, 5.74) is 8.81. The van der Waals surface area contributed by atoms with E-state index in [0.29, 0.717) is 6.61 Å². The fourth-order valence-electron chi connectivity index (χ4n) is 2.21. The van der Waals surface area contributed by atoms with E-state index in [2.05, 4.69) is 10.3 Å². The number of benzene rings is 1. The molecule has 1 aromatic heterocycles. The zero-order valence-electron chi connectivity index (χ0n) is 11.6. The molecule has 0 atom stereocenters. The zero-order chi connectivity index (χ0) is 14.0. The van der Waals surface area contributed by atoms with E-state index in [1.807, 2.05) is 43.6 Å². The van der Waals surface area contributed by atoms with Gasteiger partial charge in [0.05, 0.1) is 11.7 Å². The molecule has 0 unspecified atom stereocenters. The normalized spacial score (nSPS) is 15.8. The Balaban J connectivity index is 1.76. The largest absolute Gasteiger partial charge is 0.490 e. The average Bonchev–Trinajstić information content (AvgIpc) is 3.26. The monoisotopic (exact) mass is 269 g/mol. The van der Waals surface area contributed by atoms with Crippen molar-refractivity contribution in [1.29, 1.82) is 0 Å². The van der Waals surface area contributed by atoms with E-state index in [0.717, 1.165) is 22.6 Å². The molecule has 1 aliphatic rings. The minimum atomic E-state index is 0.174. The van der Waals surface area contributed by atoms with Crippen LogP contribution in [0.5, 0.6) is 5.75 Å². The van der Waals surface area contributed by atoms with Gasteiger partial charge in [0.25, 0.3) is 0 Å². The van der Waals surface area contributed by atoms with Crippen molar-refractivity contribution in [3.8, 4) is 16.9 Å². The average molecular weight is 269 g/mol. The molecule has 3 rings (SSSR count). The first kappa shape index (κ1) is 12.9. The number of hydrogen-bond acceptors (Lipinski definition) is 4. The van der Waals surface area contributed by atoms with Gasteiger partial charge in [-0.25, -0.2) is 0 Å². The second-order valence-corrected chi connectivity index (χ2v) is 5.35. The molecule has 4 nitrogen and oxygen atoms in total. The van der Waals surface area contributed by atoms with Crippen LogP contribution in [0.2, 0.25) is 0 Å². The molecule has 1 heterocycles. The molecule has 0 saturated heterocycles. The van der Waals surface area contributed by atoms with Gasteiger partial charge >= 0.3 is 0 Å². The number of nitrogens with zero attached hydrogens (tertiary/aromatic N) is 1. The minimum Gasteiger partial charge on any atom is -0.490 e. The lowest BCUT2D eigenvalue weighted by atomic mass is 10.1. The molecule has 1 aromatic carbocycles. The van der Waals surface area contributed by atoms with E-state index >= 15 is 0 Å². The lowest BCUT2D eigenvalue weighted by Crippen LogP contribution is -2.33. The predicted octanol–water partition coefficient (Wildman–Crippen LogP) is 2.46. The summed E-state index contributed by atoms with van der Waals surface area (Å²) in [7, 11) is 1.98. The van der Waals surface area contributed by atoms with E-state index in [1.54, 1.807) is 6.20 Å². The van der Waals surface area contributed by atoms with Gasteiger partial charge in [0.15, 0.2) is 0 Å². The summed E-state index contributed by atoms with van der Waals surface area (Å²) < 4.78 is 5.86. The third-order valence-corrected chi connectivity index (χ3v) is 3.83. The van der Waals surface area contributed by atoms with Crippen LogP contribution in [0.15, 0.2) is 42.7 Å².